The van der Waals surface area contributed by atoms with Crippen LogP contribution in [0.1, 0.15) is 48.9 Å². The number of rotatable bonds is 4. The molecule has 3 fully saturated rings. The summed E-state index contributed by atoms with van der Waals surface area (Å²) in [5, 5.41) is 3.02. The number of nitrogens with one attached hydrogen (secondary N) is 1. The molecule has 1 aromatic rings. The molecule has 0 aromatic carbocycles. The molecular formula is C18H24N2O4. The van der Waals surface area contributed by atoms with Crippen LogP contribution in [0.4, 0.5) is 0 Å². The van der Waals surface area contributed by atoms with E-state index < -0.39 is 0 Å². The lowest BCUT2D eigenvalue weighted by Crippen LogP contribution is -2.47. The summed E-state index contributed by atoms with van der Waals surface area (Å²) in [5.41, 5.74) is 0.366. The highest BCUT2D eigenvalue weighted by Gasteiger charge is 2.45. The number of furan rings is 1. The molecule has 0 radical (unpaired) electrons. The molecule has 1 aromatic heterocycles. The van der Waals surface area contributed by atoms with Crippen molar-refractivity contribution in [1.82, 2.24) is 10.2 Å². The lowest BCUT2D eigenvalue weighted by molar-refractivity contribution is -0.140. The Labute approximate surface area is 141 Å². The van der Waals surface area contributed by atoms with Gasteiger partial charge >= 0.3 is 0 Å². The molecule has 0 unspecified atom stereocenters. The lowest BCUT2D eigenvalue weighted by Gasteiger charge is -2.38. The molecule has 2 amide bonds. The average Bonchev–Trinajstić information content (AvgIpc) is 3.09. The molecule has 2 saturated heterocycles. The molecule has 6 nitrogen and oxygen atoms in total. The Bertz CT molecular complexity index is 601. The summed E-state index contributed by atoms with van der Waals surface area (Å²) in [7, 11) is 0. The van der Waals surface area contributed by atoms with E-state index in [1.165, 1.54) is 25.4 Å². The highest BCUT2D eigenvalue weighted by molar-refractivity contribution is 5.93. The Hall–Kier alpha value is -1.82. The smallest absolute Gasteiger partial charge is 0.257 e. The van der Waals surface area contributed by atoms with Gasteiger partial charge in [-0.05, 0) is 50.5 Å². The van der Waals surface area contributed by atoms with Gasteiger partial charge in [0.15, 0.2) is 0 Å². The van der Waals surface area contributed by atoms with Crippen LogP contribution < -0.4 is 5.32 Å². The predicted octanol–water partition coefficient (Wildman–Crippen LogP) is 1.96. The van der Waals surface area contributed by atoms with Gasteiger partial charge in [0.05, 0.1) is 17.4 Å². The number of ether oxygens (including phenoxy) is 1. The number of amides is 2. The van der Waals surface area contributed by atoms with Crippen LogP contribution in [0.2, 0.25) is 0 Å². The van der Waals surface area contributed by atoms with Crippen LogP contribution in [0, 0.1) is 5.92 Å². The number of hydrogen-bond acceptors (Lipinski definition) is 4. The minimum atomic E-state index is -0.320. The van der Waals surface area contributed by atoms with Crippen molar-refractivity contribution in [3.63, 3.8) is 0 Å². The summed E-state index contributed by atoms with van der Waals surface area (Å²) in [5.74, 6) is 0.729. The zero-order chi connectivity index (χ0) is 16.6. The van der Waals surface area contributed by atoms with Gasteiger partial charge in [0.2, 0.25) is 5.91 Å². The largest absolute Gasteiger partial charge is 0.472 e. The Morgan fingerprint density at radius 1 is 1.21 bits per heavy atom. The molecule has 130 valence electrons. The molecule has 1 spiro atoms. The molecule has 4 rings (SSSR count). The van der Waals surface area contributed by atoms with E-state index in [-0.39, 0.29) is 23.5 Å². The first-order valence-corrected chi connectivity index (χ1v) is 8.92. The number of nitrogens with zero attached hydrogens (tertiary/aromatic N) is 1. The molecular weight excluding hydrogens is 308 g/mol. The van der Waals surface area contributed by atoms with Gasteiger partial charge in [0.25, 0.3) is 5.91 Å². The van der Waals surface area contributed by atoms with E-state index in [9.17, 15) is 9.59 Å². The topological polar surface area (TPSA) is 71.8 Å². The maximum absolute atomic E-state index is 12.4. The molecule has 6 heteroatoms. The van der Waals surface area contributed by atoms with Gasteiger partial charge in [-0.2, -0.15) is 0 Å². The fourth-order valence-electron chi connectivity index (χ4n) is 3.73. The normalized spacial score (nSPS) is 25.8. The van der Waals surface area contributed by atoms with Crippen LogP contribution in [0.3, 0.4) is 0 Å². The van der Waals surface area contributed by atoms with Crippen LogP contribution >= 0.6 is 0 Å². The van der Waals surface area contributed by atoms with Crippen LogP contribution in [0.15, 0.2) is 23.0 Å². The van der Waals surface area contributed by atoms with E-state index in [2.05, 4.69) is 5.32 Å². The third-order valence-corrected chi connectivity index (χ3v) is 5.54. The zero-order valence-corrected chi connectivity index (χ0v) is 13.8. The van der Waals surface area contributed by atoms with Crippen molar-refractivity contribution in [3.05, 3.63) is 24.2 Å². The molecule has 24 heavy (non-hydrogen) atoms. The van der Waals surface area contributed by atoms with Gasteiger partial charge in [0.1, 0.15) is 12.4 Å². The Morgan fingerprint density at radius 3 is 2.67 bits per heavy atom. The van der Waals surface area contributed by atoms with Crippen molar-refractivity contribution >= 4 is 11.8 Å². The van der Waals surface area contributed by atoms with Crippen LogP contribution in [-0.4, -0.2) is 48.1 Å². The van der Waals surface area contributed by atoms with E-state index in [0.717, 1.165) is 32.2 Å². The van der Waals surface area contributed by atoms with Crippen molar-refractivity contribution in [2.24, 2.45) is 5.92 Å². The second kappa shape index (κ2) is 6.24. The maximum atomic E-state index is 12.4. The molecule has 1 aliphatic carbocycles. The molecule has 3 aliphatic rings. The Kier molecular flexibility index (Phi) is 4.08. The first-order valence-electron chi connectivity index (χ1n) is 8.92. The molecule has 0 bridgehead atoms. The van der Waals surface area contributed by atoms with Crippen molar-refractivity contribution in [2.45, 2.75) is 50.2 Å². The standard InChI is InChI=1S/C18H24N2O4/c21-16(19-11-13-1-2-13)15-3-5-18(24-15)6-8-20(9-7-18)17(22)14-4-10-23-12-14/h4,10,12-13,15H,1-3,5-9,11H2,(H,19,21)/t15-/m0/s1. The van der Waals surface area contributed by atoms with Gasteiger partial charge in [-0.1, -0.05) is 0 Å². The number of likely N-dealkylation sites (tertiary alicyclic amines) is 1. The quantitative estimate of drug-likeness (QED) is 0.915. The first-order chi connectivity index (χ1) is 11.7. The van der Waals surface area contributed by atoms with Gasteiger partial charge < -0.3 is 19.4 Å². The van der Waals surface area contributed by atoms with E-state index in [0.29, 0.717) is 24.6 Å². The number of hydrogen-bond donors (Lipinski definition) is 1. The van der Waals surface area contributed by atoms with E-state index in [1.807, 2.05) is 4.90 Å². The highest BCUT2D eigenvalue weighted by Crippen LogP contribution is 2.39. The SMILES string of the molecule is O=C(NCC1CC1)[C@@H]1CCC2(CCN(C(=O)c3ccoc3)CC2)O1. The summed E-state index contributed by atoms with van der Waals surface area (Å²) in [6.45, 7) is 2.12. The number of carbonyl (C=O) groups excluding carboxylic acids is 2. The molecule has 3 heterocycles. The van der Waals surface area contributed by atoms with Crippen LogP contribution in [0.25, 0.3) is 0 Å². The minimum Gasteiger partial charge on any atom is -0.472 e. The molecule has 2 aliphatic heterocycles. The summed E-state index contributed by atoms with van der Waals surface area (Å²) in [6, 6.07) is 1.69. The minimum absolute atomic E-state index is 0.00956. The number of carbonyl (C=O) groups is 2. The predicted molar refractivity (Wildman–Crippen MR) is 86.4 cm³/mol. The Balaban J connectivity index is 1.29. The third kappa shape index (κ3) is 3.20. The fourth-order valence-corrected chi connectivity index (χ4v) is 3.73. The third-order valence-electron chi connectivity index (χ3n) is 5.54. The van der Waals surface area contributed by atoms with Crippen LogP contribution in [-0.2, 0) is 9.53 Å². The second-order valence-corrected chi connectivity index (χ2v) is 7.32. The average molecular weight is 332 g/mol. The van der Waals surface area contributed by atoms with Gasteiger partial charge in [0, 0.05) is 19.6 Å². The van der Waals surface area contributed by atoms with E-state index in [4.69, 9.17) is 9.15 Å². The highest BCUT2D eigenvalue weighted by atomic mass is 16.5. The molecule has 1 N–H and O–H groups in total. The maximum Gasteiger partial charge on any atom is 0.257 e. The van der Waals surface area contributed by atoms with Crippen molar-refractivity contribution in [3.8, 4) is 0 Å². The van der Waals surface area contributed by atoms with Crippen molar-refractivity contribution in [1.29, 1.82) is 0 Å². The summed E-state index contributed by atoms with van der Waals surface area (Å²) in [4.78, 5) is 26.4. The molecule has 1 atom stereocenters. The van der Waals surface area contributed by atoms with Gasteiger partial charge in [-0.15, -0.1) is 0 Å². The van der Waals surface area contributed by atoms with Crippen LogP contribution in [0.5, 0.6) is 0 Å². The summed E-state index contributed by atoms with van der Waals surface area (Å²) >= 11 is 0. The lowest BCUT2D eigenvalue weighted by atomic mass is 9.88. The van der Waals surface area contributed by atoms with Crippen molar-refractivity contribution in [2.75, 3.05) is 19.6 Å². The summed E-state index contributed by atoms with van der Waals surface area (Å²) in [6.07, 6.45) is 8.43. The van der Waals surface area contributed by atoms with E-state index in [1.54, 1.807) is 6.07 Å². The van der Waals surface area contributed by atoms with Crippen molar-refractivity contribution < 1.29 is 18.7 Å². The second-order valence-electron chi connectivity index (χ2n) is 7.32. The monoisotopic (exact) mass is 332 g/mol. The first kappa shape index (κ1) is 15.7. The summed E-state index contributed by atoms with van der Waals surface area (Å²) < 4.78 is 11.1. The number of piperidine rings is 1. The van der Waals surface area contributed by atoms with Gasteiger partial charge in [-0.25, -0.2) is 0 Å². The molecule has 1 saturated carbocycles. The Morgan fingerprint density at radius 2 is 2.00 bits per heavy atom. The van der Waals surface area contributed by atoms with E-state index >= 15 is 0 Å². The zero-order valence-electron chi connectivity index (χ0n) is 13.8. The fraction of sp³-hybridized carbons (Fsp3) is 0.667. The van der Waals surface area contributed by atoms with Gasteiger partial charge in [-0.3, -0.25) is 9.59 Å².